The summed E-state index contributed by atoms with van der Waals surface area (Å²) in [6.45, 7) is 1.92. The van der Waals surface area contributed by atoms with Crippen LogP contribution in [-0.4, -0.2) is 11.8 Å². The molecule has 5 rings (SSSR count). The Hall–Kier alpha value is -2.13. The summed E-state index contributed by atoms with van der Waals surface area (Å²) in [5.74, 6) is 0.596. The smallest absolute Gasteiger partial charge is 0.237 e. The fourth-order valence-electron chi connectivity index (χ4n) is 5.52. The van der Waals surface area contributed by atoms with Gasteiger partial charge in [0.25, 0.3) is 0 Å². The van der Waals surface area contributed by atoms with E-state index in [1.807, 2.05) is 25.1 Å². The van der Waals surface area contributed by atoms with Gasteiger partial charge in [0.2, 0.25) is 11.8 Å². The maximum atomic E-state index is 13.2. The van der Waals surface area contributed by atoms with Crippen LogP contribution in [0.2, 0.25) is 5.02 Å². The van der Waals surface area contributed by atoms with Gasteiger partial charge in [0.1, 0.15) is 0 Å². The topological polar surface area (TPSA) is 37.4 Å². The number of rotatable bonds is 2. The number of aryl methyl sites for hydroxylation is 1. The third-order valence-electron chi connectivity index (χ3n) is 6.66. The van der Waals surface area contributed by atoms with Crippen molar-refractivity contribution < 1.29 is 9.59 Å². The molecule has 2 saturated carbocycles. The monoisotopic (exact) mass is 365 g/mol. The molecule has 2 bridgehead atoms. The zero-order valence-electron chi connectivity index (χ0n) is 14.6. The van der Waals surface area contributed by atoms with Gasteiger partial charge in [0.15, 0.2) is 0 Å². The number of fused-ring (bicyclic) bond motifs is 5. The first-order chi connectivity index (χ1) is 12.6. The highest BCUT2D eigenvalue weighted by Gasteiger charge is 2.64. The van der Waals surface area contributed by atoms with E-state index in [2.05, 4.69) is 24.3 Å². The molecule has 2 amide bonds. The van der Waals surface area contributed by atoms with Crippen LogP contribution in [0.4, 0.5) is 5.69 Å². The van der Waals surface area contributed by atoms with E-state index in [1.165, 1.54) is 10.5 Å². The lowest BCUT2D eigenvalue weighted by molar-refractivity contribution is -0.123. The summed E-state index contributed by atoms with van der Waals surface area (Å²) in [5, 5.41) is 0.588. The summed E-state index contributed by atoms with van der Waals surface area (Å²) >= 11 is 6.23. The second kappa shape index (κ2) is 5.68. The first-order valence-electron chi connectivity index (χ1n) is 9.25. The van der Waals surface area contributed by atoms with Gasteiger partial charge in [-0.05, 0) is 60.8 Å². The average Bonchev–Trinajstić information content (AvgIpc) is 3.30. The number of benzene rings is 2. The lowest BCUT2D eigenvalue weighted by Crippen LogP contribution is -2.33. The summed E-state index contributed by atoms with van der Waals surface area (Å²) < 4.78 is 0. The first-order valence-corrected chi connectivity index (χ1v) is 9.63. The van der Waals surface area contributed by atoms with Crippen LogP contribution in [0.5, 0.6) is 0 Å². The number of hydrogen-bond donors (Lipinski definition) is 0. The second-order valence-corrected chi connectivity index (χ2v) is 8.32. The molecule has 0 aromatic heterocycles. The maximum absolute atomic E-state index is 13.2. The van der Waals surface area contributed by atoms with Crippen molar-refractivity contribution in [2.75, 3.05) is 4.90 Å². The minimum Gasteiger partial charge on any atom is -0.274 e. The number of imide groups is 1. The molecule has 1 aliphatic heterocycles. The van der Waals surface area contributed by atoms with Gasteiger partial charge in [0, 0.05) is 5.02 Å². The molecule has 3 nitrogen and oxygen atoms in total. The van der Waals surface area contributed by atoms with Crippen LogP contribution in [0.1, 0.15) is 29.9 Å². The maximum Gasteiger partial charge on any atom is 0.237 e. The third-order valence-corrected chi connectivity index (χ3v) is 7.06. The van der Waals surface area contributed by atoms with Crippen molar-refractivity contribution in [1.82, 2.24) is 0 Å². The van der Waals surface area contributed by atoms with Crippen molar-refractivity contribution in [3.63, 3.8) is 0 Å². The van der Waals surface area contributed by atoms with Crippen molar-refractivity contribution in [3.05, 3.63) is 64.7 Å². The zero-order valence-corrected chi connectivity index (χ0v) is 15.3. The first kappa shape index (κ1) is 16.1. The highest BCUT2D eigenvalue weighted by molar-refractivity contribution is 6.32. The standard InChI is InChI=1S/C22H20ClNO2/c1-12-7-8-15(11-18(12)23)24-21(25)19-14-9-16(13-5-3-2-4-6-13)17(10-14)20(19)22(24)26/h2-8,11,14,16-17,19-20H,9-10H2,1H3/t14-,16+,17+,19+,20-/m0/s1. The zero-order chi connectivity index (χ0) is 18.0. The summed E-state index contributed by atoms with van der Waals surface area (Å²) in [6, 6.07) is 15.9. The number of nitrogens with zero attached hydrogens (tertiary/aromatic N) is 1. The van der Waals surface area contributed by atoms with Gasteiger partial charge in [0.05, 0.1) is 17.5 Å². The van der Waals surface area contributed by atoms with Crippen LogP contribution in [-0.2, 0) is 9.59 Å². The van der Waals surface area contributed by atoms with Crippen LogP contribution in [0.15, 0.2) is 48.5 Å². The van der Waals surface area contributed by atoms with Gasteiger partial charge in [-0.1, -0.05) is 48.0 Å². The third kappa shape index (κ3) is 2.13. The largest absolute Gasteiger partial charge is 0.274 e. The Labute approximate surface area is 158 Å². The van der Waals surface area contributed by atoms with Crippen LogP contribution in [0, 0.1) is 30.6 Å². The predicted octanol–water partition coefficient (Wildman–Crippen LogP) is 4.58. The minimum absolute atomic E-state index is 0.0288. The molecular formula is C22H20ClNO2. The molecule has 5 atom stereocenters. The molecule has 1 heterocycles. The number of halogens is 1. The van der Waals surface area contributed by atoms with Crippen LogP contribution < -0.4 is 4.90 Å². The van der Waals surface area contributed by atoms with E-state index >= 15 is 0 Å². The predicted molar refractivity (Wildman–Crippen MR) is 101 cm³/mol. The molecule has 2 aliphatic carbocycles. The lowest BCUT2D eigenvalue weighted by Gasteiger charge is -2.28. The summed E-state index contributed by atoms with van der Waals surface area (Å²) in [5.41, 5.74) is 2.86. The minimum atomic E-state index is -0.175. The van der Waals surface area contributed by atoms with E-state index in [1.54, 1.807) is 6.07 Å². The molecule has 0 spiro atoms. The van der Waals surface area contributed by atoms with E-state index in [9.17, 15) is 9.59 Å². The van der Waals surface area contributed by atoms with E-state index in [0.29, 0.717) is 22.5 Å². The Morgan fingerprint density at radius 1 is 0.962 bits per heavy atom. The van der Waals surface area contributed by atoms with Gasteiger partial charge < -0.3 is 0 Å². The van der Waals surface area contributed by atoms with Gasteiger partial charge in [-0.2, -0.15) is 0 Å². The van der Waals surface area contributed by atoms with Crippen LogP contribution in [0.3, 0.4) is 0 Å². The van der Waals surface area contributed by atoms with Gasteiger partial charge >= 0.3 is 0 Å². The fourth-order valence-corrected chi connectivity index (χ4v) is 5.69. The van der Waals surface area contributed by atoms with Crippen molar-refractivity contribution >= 4 is 29.1 Å². The van der Waals surface area contributed by atoms with Crippen LogP contribution >= 0.6 is 11.6 Å². The second-order valence-electron chi connectivity index (χ2n) is 7.91. The number of carbonyl (C=O) groups excluding carboxylic acids is 2. The molecule has 0 radical (unpaired) electrons. The molecule has 132 valence electrons. The van der Waals surface area contributed by atoms with Gasteiger partial charge in [-0.15, -0.1) is 0 Å². The summed E-state index contributed by atoms with van der Waals surface area (Å²) in [4.78, 5) is 27.7. The van der Waals surface area contributed by atoms with E-state index in [0.717, 1.165) is 18.4 Å². The highest BCUT2D eigenvalue weighted by atomic mass is 35.5. The molecule has 4 heteroatoms. The highest BCUT2D eigenvalue weighted by Crippen LogP contribution is 2.61. The fraction of sp³-hybridized carbons (Fsp3) is 0.364. The Bertz CT molecular complexity index is 910. The SMILES string of the molecule is Cc1ccc(N2C(=O)[C@@H]3[C@@H]4C[C@@H]([C@@H]3C2=O)[C@@H](c2ccccc2)C4)cc1Cl. The van der Waals surface area contributed by atoms with Crippen molar-refractivity contribution in [2.45, 2.75) is 25.7 Å². The molecule has 26 heavy (non-hydrogen) atoms. The van der Waals surface area contributed by atoms with E-state index in [4.69, 9.17) is 11.6 Å². The van der Waals surface area contributed by atoms with E-state index in [-0.39, 0.29) is 29.6 Å². The van der Waals surface area contributed by atoms with Crippen molar-refractivity contribution in [3.8, 4) is 0 Å². The molecule has 3 aliphatic rings. The van der Waals surface area contributed by atoms with Crippen molar-refractivity contribution in [1.29, 1.82) is 0 Å². The number of anilines is 1. The number of carbonyl (C=O) groups is 2. The lowest BCUT2D eigenvalue weighted by atomic mass is 9.73. The van der Waals surface area contributed by atoms with Crippen molar-refractivity contribution in [2.24, 2.45) is 23.7 Å². The molecule has 1 saturated heterocycles. The molecule has 2 aromatic rings. The Balaban J connectivity index is 1.50. The Morgan fingerprint density at radius 3 is 2.42 bits per heavy atom. The van der Waals surface area contributed by atoms with Gasteiger partial charge in [-0.25, -0.2) is 4.90 Å². The van der Waals surface area contributed by atoms with Gasteiger partial charge in [-0.3, -0.25) is 9.59 Å². The number of amides is 2. The Kier molecular flexibility index (Phi) is 3.51. The Morgan fingerprint density at radius 2 is 1.69 bits per heavy atom. The molecule has 2 aromatic carbocycles. The van der Waals surface area contributed by atoms with Crippen LogP contribution in [0.25, 0.3) is 0 Å². The summed E-state index contributed by atoms with van der Waals surface area (Å²) in [6.07, 6.45) is 2.01. The normalized spacial score (nSPS) is 32.4. The molecule has 0 unspecified atom stereocenters. The quantitative estimate of drug-likeness (QED) is 0.730. The molecule has 3 fully saturated rings. The average molecular weight is 366 g/mol. The molecular weight excluding hydrogens is 346 g/mol. The summed E-state index contributed by atoms with van der Waals surface area (Å²) in [7, 11) is 0. The number of hydrogen-bond acceptors (Lipinski definition) is 2. The molecule has 0 N–H and O–H groups in total. The van der Waals surface area contributed by atoms with E-state index < -0.39 is 0 Å².